The second kappa shape index (κ2) is 5.56. The smallest absolute Gasteiger partial charge is 0.196 e. The number of hydrogen-bond acceptors (Lipinski definition) is 3. The van der Waals surface area contributed by atoms with Crippen molar-refractivity contribution in [3.8, 4) is 0 Å². The summed E-state index contributed by atoms with van der Waals surface area (Å²) >= 11 is 0. The van der Waals surface area contributed by atoms with Crippen LogP contribution < -0.4 is 10.6 Å². The van der Waals surface area contributed by atoms with Crippen molar-refractivity contribution < 1.29 is 4.39 Å². The summed E-state index contributed by atoms with van der Waals surface area (Å²) in [5.74, 6) is 0.525. The van der Waals surface area contributed by atoms with Gasteiger partial charge in [0.15, 0.2) is 5.96 Å². The SMILES string of the molecule is CC(c1ccccc1)C1CN=C(N)N1c1ccc(F)cc1. The van der Waals surface area contributed by atoms with E-state index in [9.17, 15) is 4.39 Å². The fourth-order valence-corrected chi connectivity index (χ4v) is 2.80. The van der Waals surface area contributed by atoms with E-state index in [0.717, 1.165) is 5.69 Å². The number of rotatable bonds is 3. The number of hydrogen-bond donors (Lipinski definition) is 1. The molecule has 4 heteroatoms. The first kappa shape index (κ1) is 13.6. The maximum atomic E-state index is 13.1. The van der Waals surface area contributed by atoms with E-state index in [0.29, 0.717) is 12.5 Å². The van der Waals surface area contributed by atoms with Gasteiger partial charge >= 0.3 is 0 Å². The third-order valence-corrected chi connectivity index (χ3v) is 4.03. The maximum Gasteiger partial charge on any atom is 0.196 e. The molecule has 2 aromatic rings. The summed E-state index contributed by atoms with van der Waals surface area (Å²) < 4.78 is 13.1. The molecular weight excluding hydrogens is 265 g/mol. The molecule has 1 aliphatic rings. The van der Waals surface area contributed by atoms with Gasteiger partial charge in [-0.05, 0) is 29.8 Å². The van der Waals surface area contributed by atoms with Crippen LogP contribution in [0.5, 0.6) is 0 Å². The fourth-order valence-electron chi connectivity index (χ4n) is 2.80. The van der Waals surface area contributed by atoms with Gasteiger partial charge in [0.1, 0.15) is 5.82 Å². The lowest BCUT2D eigenvalue weighted by Crippen LogP contribution is -2.43. The van der Waals surface area contributed by atoms with Gasteiger partial charge in [-0.3, -0.25) is 4.99 Å². The van der Waals surface area contributed by atoms with E-state index >= 15 is 0 Å². The zero-order valence-corrected chi connectivity index (χ0v) is 11.9. The van der Waals surface area contributed by atoms with Crippen LogP contribution in [0.15, 0.2) is 59.6 Å². The Morgan fingerprint density at radius 2 is 1.81 bits per heavy atom. The van der Waals surface area contributed by atoms with Crippen LogP contribution in [0.25, 0.3) is 0 Å². The first-order valence-electron chi connectivity index (χ1n) is 7.06. The first-order valence-corrected chi connectivity index (χ1v) is 7.06. The lowest BCUT2D eigenvalue weighted by Gasteiger charge is -2.31. The summed E-state index contributed by atoms with van der Waals surface area (Å²) in [6.07, 6.45) is 0. The third-order valence-electron chi connectivity index (χ3n) is 4.03. The van der Waals surface area contributed by atoms with Crippen LogP contribution in [0.4, 0.5) is 10.1 Å². The molecule has 0 bridgehead atoms. The minimum absolute atomic E-state index is 0.151. The van der Waals surface area contributed by atoms with E-state index in [4.69, 9.17) is 5.73 Å². The quantitative estimate of drug-likeness (QED) is 0.940. The summed E-state index contributed by atoms with van der Waals surface area (Å²) in [6.45, 7) is 2.82. The van der Waals surface area contributed by atoms with Gasteiger partial charge in [-0.1, -0.05) is 37.3 Å². The van der Waals surface area contributed by atoms with Crippen molar-refractivity contribution in [1.82, 2.24) is 0 Å². The molecule has 21 heavy (non-hydrogen) atoms. The van der Waals surface area contributed by atoms with E-state index in [1.54, 1.807) is 12.1 Å². The van der Waals surface area contributed by atoms with Crippen molar-refractivity contribution in [2.45, 2.75) is 18.9 Å². The van der Waals surface area contributed by atoms with Gasteiger partial charge in [0.2, 0.25) is 0 Å². The summed E-state index contributed by atoms with van der Waals surface area (Å²) in [4.78, 5) is 6.37. The zero-order chi connectivity index (χ0) is 14.8. The molecule has 3 rings (SSSR count). The molecule has 0 spiro atoms. The Bertz CT molecular complexity index is 637. The van der Waals surface area contributed by atoms with Crippen LogP contribution in [0.2, 0.25) is 0 Å². The summed E-state index contributed by atoms with van der Waals surface area (Å²) in [6, 6.07) is 16.8. The highest BCUT2D eigenvalue weighted by Crippen LogP contribution is 2.30. The molecule has 0 amide bonds. The largest absolute Gasteiger partial charge is 0.370 e. The lowest BCUT2D eigenvalue weighted by atomic mass is 9.92. The molecule has 2 unspecified atom stereocenters. The highest BCUT2D eigenvalue weighted by atomic mass is 19.1. The number of halogens is 1. The Labute approximate surface area is 123 Å². The van der Waals surface area contributed by atoms with E-state index in [1.807, 2.05) is 23.1 Å². The minimum Gasteiger partial charge on any atom is -0.370 e. The maximum absolute atomic E-state index is 13.1. The number of aliphatic imine (C=N–C) groups is 1. The minimum atomic E-state index is -0.249. The third kappa shape index (κ3) is 2.61. The Balaban J connectivity index is 1.90. The fraction of sp³-hybridized carbons (Fsp3) is 0.235. The van der Waals surface area contributed by atoms with Crippen LogP contribution in [0, 0.1) is 5.82 Å². The van der Waals surface area contributed by atoms with Crippen molar-refractivity contribution in [3.63, 3.8) is 0 Å². The van der Waals surface area contributed by atoms with Crippen LogP contribution in [0.1, 0.15) is 18.4 Å². The predicted molar refractivity (Wildman–Crippen MR) is 84.0 cm³/mol. The summed E-state index contributed by atoms with van der Waals surface area (Å²) in [7, 11) is 0. The number of nitrogens with two attached hydrogens (primary N) is 1. The standard InChI is InChI=1S/C17H18FN3/c1-12(13-5-3-2-4-6-13)16-11-20-17(19)21(16)15-9-7-14(18)8-10-15/h2-10,12,16H,11H2,1H3,(H2,19,20). The van der Waals surface area contributed by atoms with E-state index in [2.05, 4.69) is 24.0 Å². The van der Waals surface area contributed by atoms with Crippen LogP contribution in [-0.4, -0.2) is 18.5 Å². The lowest BCUT2D eigenvalue weighted by molar-refractivity contribution is 0.593. The second-order valence-corrected chi connectivity index (χ2v) is 5.31. The van der Waals surface area contributed by atoms with Crippen molar-refractivity contribution in [1.29, 1.82) is 0 Å². The molecule has 2 aromatic carbocycles. The zero-order valence-electron chi connectivity index (χ0n) is 11.9. The topological polar surface area (TPSA) is 41.6 Å². The molecule has 0 aliphatic carbocycles. The molecule has 1 aliphatic heterocycles. The van der Waals surface area contributed by atoms with Gasteiger partial charge in [0.05, 0.1) is 12.6 Å². The molecule has 2 atom stereocenters. The molecule has 3 nitrogen and oxygen atoms in total. The average molecular weight is 283 g/mol. The summed E-state index contributed by atoms with van der Waals surface area (Å²) in [5.41, 5.74) is 8.16. The Morgan fingerprint density at radius 1 is 1.14 bits per heavy atom. The highest BCUT2D eigenvalue weighted by Gasteiger charge is 2.32. The van der Waals surface area contributed by atoms with Gasteiger partial charge in [0, 0.05) is 11.6 Å². The predicted octanol–water partition coefficient (Wildman–Crippen LogP) is 3.13. The molecule has 0 saturated heterocycles. The van der Waals surface area contributed by atoms with Gasteiger partial charge in [0.25, 0.3) is 0 Å². The van der Waals surface area contributed by atoms with E-state index in [-0.39, 0.29) is 17.8 Å². The molecule has 0 radical (unpaired) electrons. The number of guanidine groups is 1. The van der Waals surface area contributed by atoms with Crippen LogP contribution in [-0.2, 0) is 0 Å². The van der Waals surface area contributed by atoms with Gasteiger partial charge < -0.3 is 10.6 Å². The van der Waals surface area contributed by atoms with Gasteiger partial charge in [-0.25, -0.2) is 4.39 Å². The Kier molecular flexibility index (Phi) is 3.60. The second-order valence-electron chi connectivity index (χ2n) is 5.31. The molecule has 1 heterocycles. The highest BCUT2D eigenvalue weighted by molar-refractivity contribution is 5.97. The van der Waals surface area contributed by atoms with Gasteiger partial charge in [-0.2, -0.15) is 0 Å². The normalized spacial score (nSPS) is 19.4. The van der Waals surface area contributed by atoms with Crippen LogP contribution in [0.3, 0.4) is 0 Å². The average Bonchev–Trinajstić information content (AvgIpc) is 2.90. The number of nitrogens with zero attached hydrogens (tertiary/aromatic N) is 2. The number of benzene rings is 2. The van der Waals surface area contributed by atoms with Crippen molar-refractivity contribution in [3.05, 3.63) is 66.0 Å². The molecule has 108 valence electrons. The molecule has 0 aromatic heterocycles. The van der Waals surface area contributed by atoms with E-state index < -0.39 is 0 Å². The van der Waals surface area contributed by atoms with Crippen molar-refractivity contribution in [2.75, 3.05) is 11.4 Å². The van der Waals surface area contributed by atoms with Crippen LogP contribution >= 0.6 is 0 Å². The summed E-state index contributed by atoms with van der Waals surface area (Å²) in [5, 5.41) is 0. The van der Waals surface area contributed by atoms with Gasteiger partial charge in [-0.15, -0.1) is 0 Å². The monoisotopic (exact) mass is 283 g/mol. The van der Waals surface area contributed by atoms with Crippen molar-refractivity contribution in [2.24, 2.45) is 10.7 Å². The molecular formula is C17H18FN3. The Hall–Kier alpha value is -2.36. The molecule has 0 saturated carbocycles. The van der Waals surface area contributed by atoms with Crippen molar-refractivity contribution >= 4 is 11.6 Å². The number of anilines is 1. The Morgan fingerprint density at radius 3 is 2.48 bits per heavy atom. The van der Waals surface area contributed by atoms with E-state index in [1.165, 1.54) is 17.7 Å². The molecule has 2 N–H and O–H groups in total. The first-order chi connectivity index (χ1) is 10.2. The molecule has 0 fully saturated rings.